The van der Waals surface area contributed by atoms with Gasteiger partial charge in [0.05, 0.1) is 31.0 Å². The summed E-state index contributed by atoms with van der Waals surface area (Å²) in [5, 5.41) is 9.23. The number of hydrogen-bond acceptors (Lipinski definition) is 6. The molecule has 0 spiro atoms. The van der Waals surface area contributed by atoms with Crippen LogP contribution in [-0.4, -0.2) is 60.4 Å². The van der Waals surface area contributed by atoms with Crippen LogP contribution in [0, 0.1) is 6.92 Å². The van der Waals surface area contributed by atoms with Crippen LogP contribution in [-0.2, 0) is 4.74 Å². The van der Waals surface area contributed by atoms with Crippen LogP contribution in [0.5, 0.6) is 0 Å². The Bertz CT molecular complexity index is 742. The van der Waals surface area contributed by atoms with E-state index in [1.165, 1.54) is 4.88 Å². The Morgan fingerprint density at radius 2 is 2.26 bits per heavy atom. The summed E-state index contributed by atoms with van der Waals surface area (Å²) < 4.78 is 10.9. The highest BCUT2D eigenvalue weighted by molar-refractivity contribution is 7.10. The monoisotopic (exact) mass is 390 g/mol. The molecule has 8 heteroatoms. The fourth-order valence-electron chi connectivity index (χ4n) is 3.91. The van der Waals surface area contributed by atoms with Crippen LogP contribution in [0.25, 0.3) is 0 Å². The lowest BCUT2D eigenvalue weighted by molar-refractivity contribution is 0.0171. The molecule has 146 valence electrons. The normalized spacial score (nSPS) is 22.1. The van der Waals surface area contributed by atoms with Crippen LogP contribution in [0.1, 0.15) is 41.3 Å². The van der Waals surface area contributed by atoms with Gasteiger partial charge in [-0.25, -0.2) is 4.79 Å². The summed E-state index contributed by atoms with van der Waals surface area (Å²) in [6.45, 7) is 6.52. The summed E-state index contributed by atoms with van der Waals surface area (Å²) in [5.41, 5.74) is 0.849. The van der Waals surface area contributed by atoms with Crippen molar-refractivity contribution in [2.45, 2.75) is 31.8 Å². The highest BCUT2D eigenvalue weighted by Gasteiger charge is 2.33. The SMILES string of the molecule is Cc1cc(C2CCCN2C(=O)NCC(c2cccs2)N2CCOCC2)on1. The maximum atomic E-state index is 12.9. The molecule has 2 aromatic heterocycles. The number of aromatic nitrogens is 1. The molecule has 2 aliphatic rings. The summed E-state index contributed by atoms with van der Waals surface area (Å²) in [6.07, 6.45) is 1.90. The first-order valence-corrected chi connectivity index (χ1v) is 10.4. The predicted octanol–water partition coefficient (Wildman–Crippen LogP) is 2.96. The zero-order chi connectivity index (χ0) is 18.6. The molecule has 0 saturated carbocycles. The van der Waals surface area contributed by atoms with Crippen molar-refractivity contribution in [3.8, 4) is 0 Å². The van der Waals surface area contributed by atoms with Gasteiger partial charge in [-0.05, 0) is 31.2 Å². The van der Waals surface area contributed by atoms with Gasteiger partial charge in [-0.2, -0.15) is 0 Å². The minimum absolute atomic E-state index is 0.0187. The van der Waals surface area contributed by atoms with Crippen LogP contribution >= 0.6 is 11.3 Å². The third kappa shape index (κ3) is 4.17. The number of likely N-dealkylation sites (tertiary alicyclic amines) is 1. The number of amides is 2. The molecule has 0 bridgehead atoms. The minimum atomic E-state index is -0.0265. The number of nitrogens with one attached hydrogen (secondary N) is 1. The summed E-state index contributed by atoms with van der Waals surface area (Å²) in [7, 11) is 0. The molecule has 4 rings (SSSR count). The van der Waals surface area contributed by atoms with Crippen LogP contribution < -0.4 is 5.32 Å². The van der Waals surface area contributed by atoms with Gasteiger partial charge in [-0.15, -0.1) is 11.3 Å². The summed E-state index contributed by atoms with van der Waals surface area (Å²) in [5.74, 6) is 0.781. The Balaban J connectivity index is 1.41. The average Bonchev–Trinajstić information content (AvgIpc) is 3.44. The zero-order valence-corrected chi connectivity index (χ0v) is 16.4. The molecule has 1 N–H and O–H groups in total. The van der Waals surface area contributed by atoms with E-state index in [0.29, 0.717) is 6.54 Å². The maximum absolute atomic E-state index is 12.9. The predicted molar refractivity (Wildman–Crippen MR) is 103 cm³/mol. The lowest BCUT2D eigenvalue weighted by Gasteiger charge is -2.34. The zero-order valence-electron chi connectivity index (χ0n) is 15.6. The molecule has 0 aromatic carbocycles. The van der Waals surface area contributed by atoms with Crippen LogP contribution in [0.2, 0.25) is 0 Å². The van der Waals surface area contributed by atoms with Gasteiger partial charge in [-0.3, -0.25) is 4.90 Å². The standard InChI is InChI=1S/C19H26N4O3S/c1-14-12-17(26-21-14)15-4-2-6-23(15)19(24)20-13-16(18-5-3-11-27-18)22-7-9-25-10-8-22/h3,5,11-12,15-16H,2,4,6-10,13H2,1H3,(H,20,24). The molecule has 27 heavy (non-hydrogen) atoms. The molecule has 2 aliphatic heterocycles. The van der Waals surface area contributed by atoms with Crippen molar-refractivity contribution < 1.29 is 14.1 Å². The van der Waals surface area contributed by atoms with Gasteiger partial charge in [-0.1, -0.05) is 11.2 Å². The van der Waals surface area contributed by atoms with E-state index in [2.05, 4.69) is 32.9 Å². The number of ether oxygens (including phenoxy) is 1. The highest BCUT2D eigenvalue weighted by atomic mass is 32.1. The molecule has 2 amide bonds. The molecule has 2 aromatic rings. The number of hydrogen-bond donors (Lipinski definition) is 1. The molecule has 0 aliphatic carbocycles. The Hall–Kier alpha value is -1.90. The van der Waals surface area contributed by atoms with Crippen LogP contribution in [0.15, 0.2) is 28.1 Å². The number of nitrogens with zero attached hydrogens (tertiary/aromatic N) is 3. The summed E-state index contributed by atoms with van der Waals surface area (Å²) in [6, 6.07) is 6.28. The number of aryl methyl sites for hydroxylation is 1. The second-order valence-corrected chi connectivity index (χ2v) is 8.07. The fourth-order valence-corrected chi connectivity index (χ4v) is 4.77. The quantitative estimate of drug-likeness (QED) is 0.850. The maximum Gasteiger partial charge on any atom is 0.318 e. The second-order valence-electron chi connectivity index (χ2n) is 7.09. The van der Waals surface area contributed by atoms with E-state index in [1.807, 2.05) is 17.9 Å². The number of urea groups is 1. The minimum Gasteiger partial charge on any atom is -0.379 e. The molecule has 2 unspecified atom stereocenters. The van der Waals surface area contributed by atoms with Gasteiger partial charge in [0.1, 0.15) is 0 Å². The van der Waals surface area contributed by atoms with E-state index in [0.717, 1.165) is 57.1 Å². The highest BCUT2D eigenvalue weighted by Crippen LogP contribution is 2.32. The van der Waals surface area contributed by atoms with Gasteiger partial charge < -0.3 is 19.5 Å². The molecular weight excluding hydrogens is 364 g/mol. The molecule has 2 saturated heterocycles. The molecule has 2 atom stereocenters. The molecule has 0 radical (unpaired) electrons. The molecule has 7 nitrogen and oxygen atoms in total. The lowest BCUT2D eigenvalue weighted by atomic mass is 10.1. The fraction of sp³-hybridized carbons (Fsp3) is 0.579. The van der Waals surface area contributed by atoms with Crippen molar-refractivity contribution in [1.29, 1.82) is 0 Å². The van der Waals surface area contributed by atoms with E-state index >= 15 is 0 Å². The van der Waals surface area contributed by atoms with Gasteiger partial charge in [0.25, 0.3) is 0 Å². The van der Waals surface area contributed by atoms with E-state index in [9.17, 15) is 4.79 Å². The Morgan fingerprint density at radius 3 is 2.96 bits per heavy atom. The molecule has 2 fully saturated rings. The smallest absolute Gasteiger partial charge is 0.318 e. The number of carbonyl (C=O) groups is 1. The van der Waals surface area contributed by atoms with Crippen molar-refractivity contribution in [2.24, 2.45) is 0 Å². The number of carbonyl (C=O) groups excluding carboxylic acids is 1. The van der Waals surface area contributed by atoms with E-state index in [4.69, 9.17) is 9.26 Å². The Morgan fingerprint density at radius 1 is 1.41 bits per heavy atom. The lowest BCUT2D eigenvalue weighted by Crippen LogP contribution is -2.46. The van der Waals surface area contributed by atoms with E-state index < -0.39 is 0 Å². The third-order valence-electron chi connectivity index (χ3n) is 5.29. The van der Waals surface area contributed by atoms with Crippen molar-refractivity contribution in [3.05, 3.63) is 39.9 Å². The van der Waals surface area contributed by atoms with Crippen molar-refractivity contribution in [2.75, 3.05) is 39.4 Å². The summed E-state index contributed by atoms with van der Waals surface area (Å²) >= 11 is 1.74. The van der Waals surface area contributed by atoms with Gasteiger partial charge in [0.2, 0.25) is 0 Å². The van der Waals surface area contributed by atoms with E-state index in [1.54, 1.807) is 11.3 Å². The van der Waals surface area contributed by atoms with E-state index in [-0.39, 0.29) is 18.1 Å². The first-order chi connectivity index (χ1) is 13.2. The molecule has 4 heterocycles. The van der Waals surface area contributed by atoms with Gasteiger partial charge >= 0.3 is 6.03 Å². The Kier molecular flexibility index (Phi) is 5.75. The molecular formula is C19H26N4O3S. The summed E-state index contributed by atoms with van der Waals surface area (Å²) in [4.78, 5) is 18.5. The topological polar surface area (TPSA) is 70.8 Å². The number of thiophene rings is 1. The second kappa shape index (κ2) is 8.41. The van der Waals surface area contributed by atoms with Crippen LogP contribution in [0.3, 0.4) is 0 Å². The largest absolute Gasteiger partial charge is 0.379 e. The number of rotatable bonds is 5. The van der Waals surface area contributed by atoms with Crippen molar-refractivity contribution >= 4 is 17.4 Å². The van der Waals surface area contributed by atoms with Crippen LogP contribution in [0.4, 0.5) is 4.79 Å². The number of morpholine rings is 1. The van der Waals surface area contributed by atoms with Gasteiger partial charge in [0, 0.05) is 37.1 Å². The third-order valence-corrected chi connectivity index (χ3v) is 6.27. The van der Waals surface area contributed by atoms with Gasteiger partial charge in [0.15, 0.2) is 5.76 Å². The average molecular weight is 391 g/mol. The first-order valence-electron chi connectivity index (χ1n) is 9.55. The first kappa shape index (κ1) is 18.5. The Labute approximate surface area is 163 Å². The van der Waals surface area contributed by atoms with Crippen molar-refractivity contribution in [1.82, 2.24) is 20.3 Å². The van der Waals surface area contributed by atoms with Crippen molar-refractivity contribution in [3.63, 3.8) is 0 Å².